The first kappa shape index (κ1) is 10.9. The normalized spacial score (nSPS) is 28.9. The molecule has 4 nitrogen and oxygen atoms in total. The van der Waals surface area contributed by atoms with Gasteiger partial charge in [0.05, 0.1) is 18.1 Å². The van der Waals surface area contributed by atoms with Crippen molar-refractivity contribution in [1.29, 1.82) is 0 Å². The lowest BCUT2D eigenvalue weighted by Crippen LogP contribution is -2.53. The molecule has 0 aromatic carbocycles. The van der Waals surface area contributed by atoms with E-state index in [4.69, 9.17) is 5.73 Å². The van der Waals surface area contributed by atoms with Gasteiger partial charge in [-0.05, 0) is 25.7 Å². The molecular weight excluding hydrogens is 192 g/mol. The van der Waals surface area contributed by atoms with Crippen molar-refractivity contribution in [3.8, 4) is 0 Å². The van der Waals surface area contributed by atoms with Crippen LogP contribution in [0.5, 0.6) is 0 Å². The Hall–Kier alpha value is -0.610. The lowest BCUT2D eigenvalue weighted by molar-refractivity contribution is -0.148. The van der Waals surface area contributed by atoms with Crippen LogP contribution in [-0.2, 0) is 4.79 Å². The van der Waals surface area contributed by atoms with E-state index in [0.717, 1.165) is 38.6 Å². The number of carbonyl (C=O) groups is 1. The highest BCUT2D eigenvalue weighted by Gasteiger charge is 2.47. The minimum atomic E-state index is -0.280. The molecule has 2 fully saturated rings. The molecule has 0 aromatic heterocycles. The SMILES string of the molecule is NCC1(C(=O)N2CCCC2CO)CCC1. The summed E-state index contributed by atoms with van der Waals surface area (Å²) >= 11 is 0. The summed E-state index contributed by atoms with van der Waals surface area (Å²) in [5.74, 6) is 0.188. The van der Waals surface area contributed by atoms with Gasteiger partial charge in [-0.3, -0.25) is 4.79 Å². The molecule has 0 bridgehead atoms. The van der Waals surface area contributed by atoms with Crippen LogP contribution in [0.15, 0.2) is 0 Å². The highest BCUT2D eigenvalue weighted by molar-refractivity contribution is 5.84. The summed E-state index contributed by atoms with van der Waals surface area (Å²) in [7, 11) is 0. The molecule has 2 aliphatic rings. The predicted octanol–water partition coefficient (Wildman–Crippen LogP) is 0.0987. The van der Waals surface area contributed by atoms with E-state index in [9.17, 15) is 9.90 Å². The Morgan fingerprint density at radius 3 is 2.67 bits per heavy atom. The van der Waals surface area contributed by atoms with Gasteiger partial charge < -0.3 is 15.7 Å². The Balaban J connectivity index is 2.06. The topological polar surface area (TPSA) is 66.6 Å². The molecule has 1 amide bonds. The number of hydrogen-bond acceptors (Lipinski definition) is 3. The van der Waals surface area contributed by atoms with Gasteiger partial charge >= 0.3 is 0 Å². The van der Waals surface area contributed by atoms with Crippen LogP contribution in [0.4, 0.5) is 0 Å². The van der Waals surface area contributed by atoms with Gasteiger partial charge in [-0.2, -0.15) is 0 Å². The zero-order valence-corrected chi connectivity index (χ0v) is 9.11. The van der Waals surface area contributed by atoms with Gasteiger partial charge in [0.1, 0.15) is 0 Å². The number of likely N-dealkylation sites (tertiary alicyclic amines) is 1. The number of nitrogens with zero attached hydrogens (tertiary/aromatic N) is 1. The van der Waals surface area contributed by atoms with Crippen LogP contribution in [0.2, 0.25) is 0 Å². The molecule has 1 saturated heterocycles. The maximum atomic E-state index is 12.3. The molecule has 1 atom stereocenters. The summed E-state index contributed by atoms with van der Waals surface area (Å²) in [6.45, 7) is 1.35. The number of rotatable bonds is 3. The highest BCUT2D eigenvalue weighted by atomic mass is 16.3. The lowest BCUT2D eigenvalue weighted by Gasteiger charge is -2.43. The Bertz CT molecular complexity index is 245. The van der Waals surface area contributed by atoms with E-state index < -0.39 is 0 Å². The van der Waals surface area contributed by atoms with Crippen LogP contribution in [-0.4, -0.2) is 41.7 Å². The third kappa shape index (κ3) is 1.66. The molecule has 3 N–H and O–H groups in total. The van der Waals surface area contributed by atoms with E-state index in [2.05, 4.69) is 0 Å². The van der Waals surface area contributed by atoms with Crippen molar-refractivity contribution in [2.75, 3.05) is 19.7 Å². The maximum absolute atomic E-state index is 12.3. The number of carbonyl (C=O) groups excluding carboxylic acids is 1. The highest BCUT2D eigenvalue weighted by Crippen LogP contribution is 2.42. The number of hydrogen-bond donors (Lipinski definition) is 2. The molecule has 4 heteroatoms. The summed E-state index contributed by atoms with van der Waals surface area (Å²) in [4.78, 5) is 14.1. The van der Waals surface area contributed by atoms with Gasteiger partial charge in [-0.25, -0.2) is 0 Å². The van der Waals surface area contributed by atoms with E-state index in [-0.39, 0.29) is 24.0 Å². The zero-order chi connectivity index (χ0) is 10.9. The Morgan fingerprint density at radius 1 is 1.47 bits per heavy atom. The molecule has 86 valence electrons. The minimum absolute atomic E-state index is 0.0431. The molecule has 1 heterocycles. The standard InChI is InChI=1S/C11H20N2O2/c12-8-11(4-2-5-11)10(15)13-6-1-3-9(13)7-14/h9,14H,1-8,12H2. The van der Waals surface area contributed by atoms with Gasteiger partial charge in [-0.1, -0.05) is 6.42 Å². The van der Waals surface area contributed by atoms with Crippen molar-refractivity contribution in [3.63, 3.8) is 0 Å². The van der Waals surface area contributed by atoms with E-state index in [1.165, 1.54) is 0 Å². The largest absolute Gasteiger partial charge is 0.394 e. The number of nitrogens with two attached hydrogens (primary N) is 1. The fraction of sp³-hybridized carbons (Fsp3) is 0.909. The Kier molecular flexibility index (Phi) is 2.98. The van der Waals surface area contributed by atoms with Gasteiger partial charge in [0.25, 0.3) is 0 Å². The van der Waals surface area contributed by atoms with Crippen molar-refractivity contribution in [2.45, 2.75) is 38.1 Å². The molecule has 1 aliphatic carbocycles. The fourth-order valence-corrected chi connectivity index (χ4v) is 2.71. The van der Waals surface area contributed by atoms with Crippen LogP contribution >= 0.6 is 0 Å². The maximum Gasteiger partial charge on any atom is 0.230 e. The molecule has 0 aromatic rings. The smallest absolute Gasteiger partial charge is 0.230 e. The van der Waals surface area contributed by atoms with Crippen molar-refractivity contribution in [2.24, 2.45) is 11.1 Å². The number of amides is 1. The average Bonchev–Trinajstić information content (AvgIpc) is 2.64. The van der Waals surface area contributed by atoms with E-state index in [1.54, 1.807) is 0 Å². The first-order valence-corrected chi connectivity index (χ1v) is 5.85. The quantitative estimate of drug-likeness (QED) is 0.697. The number of aliphatic hydroxyl groups is 1. The third-order valence-electron chi connectivity index (χ3n) is 4.00. The summed E-state index contributed by atoms with van der Waals surface area (Å²) in [5.41, 5.74) is 5.43. The van der Waals surface area contributed by atoms with Crippen molar-refractivity contribution >= 4 is 5.91 Å². The van der Waals surface area contributed by atoms with Crippen molar-refractivity contribution < 1.29 is 9.90 Å². The van der Waals surface area contributed by atoms with Gasteiger partial charge in [0.2, 0.25) is 5.91 Å². The molecule has 2 rings (SSSR count). The summed E-state index contributed by atoms with van der Waals surface area (Å²) < 4.78 is 0. The van der Waals surface area contributed by atoms with Crippen molar-refractivity contribution in [1.82, 2.24) is 4.90 Å². The minimum Gasteiger partial charge on any atom is -0.394 e. The zero-order valence-electron chi connectivity index (χ0n) is 9.11. The molecular formula is C11H20N2O2. The predicted molar refractivity (Wildman–Crippen MR) is 57.2 cm³/mol. The first-order chi connectivity index (χ1) is 7.23. The van der Waals surface area contributed by atoms with Crippen LogP contribution in [0.3, 0.4) is 0 Å². The molecule has 1 saturated carbocycles. The Labute approximate surface area is 90.4 Å². The first-order valence-electron chi connectivity index (χ1n) is 5.85. The third-order valence-corrected chi connectivity index (χ3v) is 4.00. The van der Waals surface area contributed by atoms with Crippen LogP contribution in [0.25, 0.3) is 0 Å². The monoisotopic (exact) mass is 212 g/mol. The summed E-state index contributed by atoms with van der Waals surface area (Å²) in [6.07, 6.45) is 4.91. The van der Waals surface area contributed by atoms with Crippen molar-refractivity contribution in [3.05, 3.63) is 0 Å². The number of aliphatic hydroxyl groups excluding tert-OH is 1. The van der Waals surface area contributed by atoms with Gasteiger partial charge in [0.15, 0.2) is 0 Å². The van der Waals surface area contributed by atoms with Gasteiger partial charge in [0, 0.05) is 13.1 Å². The fourth-order valence-electron chi connectivity index (χ4n) is 2.71. The molecule has 0 spiro atoms. The van der Waals surface area contributed by atoms with Crippen LogP contribution < -0.4 is 5.73 Å². The van der Waals surface area contributed by atoms with Crippen LogP contribution in [0.1, 0.15) is 32.1 Å². The molecule has 0 radical (unpaired) electrons. The average molecular weight is 212 g/mol. The second-order valence-electron chi connectivity index (χ2n) is 4.82. The summed E-state index contributed by atoms with van der Waals surface area (Å²) in [6, 6.07) is 0.0431. The second-order valence-corrected chi connectivity index (χ2v) is 4.82. The van der Waals surface area contributed by atoms with E-state index >= 15 is 0 Å². The van der Waals surface area contributed by atoms with E-state index in [0.29, 0.717) is 6.54 Å². The van der Waals surface area contributed by atoms with E-state index in [1.807, 2.05) is 4.90 Å². The Morgan fingerprint density at radius 2 is 2.20 bits per heavy atom. The molecule has 1 unspecified atom stereocenters. The van der Waals surface area contributed by atoms with Gasteiger partial charge in [-0.15, -0.1) is 0 Å². The lowest BCUT2D eigenvalue weighted by atomic mass is 9.67. The molecule has 1 aliphatic heterocycles. The summed E-state index contributed by atoms with van der Waals surface area (Å²) in [5, 5.41) is 9.19. The molecule has 15 heavy (non-hydrogen) atoms. The van der Waals surface area contributed by atoms with Crippen LogP contribution in [0, 0.1) is 5.41 Å². The second kappa shape index (κ2) is 4.10.